The van der Waals surface area contributed by atoms with E-state index in [1.54, 1.807) is 20.1 Å². The van der Waals surface area contributed by atoms with Gasteiger partial charge in [-0.2, -0.15) is 0 Å². The molecule has 1 amide bonds. The summed E-state index contributed by atoms with van der Waals surface area (Å²) < 4.78 is 5.16. The number of rotatable bonds is 5. The van der Waals surface area contributed by atoms with Crippen LogP contribution in [0.1, 0.15) is 12.5 Å². The first-order chi connectivity index (χ1) is 8.17. The molecule has 0 aromatic heterocycles. The molecule has 0 aliphatic rings. The molecule has 0 bridgehead atoms. The molecule has 0 spiro atoms. The highest BCUT2D eigenvalue weighted by molar-refractivity contribution is 5.92. The van der Waals surface area contributed by atoms with Gasteiger partial charge >= 0.3 is 0 Å². The summed E-state index contributed by atoms with van der Waals surface area (Å²) in [7, 11) is 1.58. The number of carbonyl (C=O) groups excluding carboxylic acids is 1. The molecule has 1 rings (SSSR count). The van der Waals surface area contributed by atoms with Gasteiger partial charge in [0.25, 0.3) is 0 Å². The number of para-hydroxylation sites is 1. The molecule has 0 aliphatic carbocycles. The van der Waals surface area contributed by atoms with E-state index in [9.17, 15) is 4.79 Å². The first-order valence-electron chi connectivity index (χ1n) is 5.40. The van der Waals surface area contributed by atoms with E-state index in [1.165, 1.54) is 6.08 Å². The number of methoxy groups -OCH3 is 1. The fraction of sp³-hybridized carbons (Fsp3) is 0.308. The summed E-state index contributed by atoms with van der Waals surface area (Å²) in [6, 6.07) is 7.18. The average molecular weight is 235 g/mol. The molecule has 0 aliphatic heterocycles. The molecule has 0 saturated carbocycles. The molecule has 1 unspecified atom stereocenters. The van der Waals surface area contributed by atoms with Gasteiger partial charge in [0.1, 0.15) is 5.75 Å². The van der Waals surface area contributed by atoms with Gasteiger partial charge in [0.2, 0.25) is 5.91 Å². The Bertz CT molecular complexity index is 401. The number of hydrogen-bond donors (Lipinski definition) is 2. The maximum atomic E-state index is 11.4. The zero-order valence-corrected chi connectivity index (χ0v) is 10.0. The zero-order chi connectivity index (χ0) is 12.7. The van der Waals surface area contributed by atoms with Crippen LogP contribution in [0.4, 0.5) is 0 Å². The maximum Gasteiger partial charge on any atom is 0.244 e. The summed E-state index contributed by atoms with van der Waals surface area (Å²) in [5.41, 5.74) is 0.835. The Morgan fingerprint density at radius 2 is 2.24 bits per heavy atom. The summed E-state index contributed by atoms with van der Waals surface area (Å²) >= 11 is 0. The minimum atomic E-state index is -0.246. The van der Waals surface area contributed by atoms with Crippen LogP contribution in [0.2, 0.25) is 0 Å². The lowest BCUT2D eigenvalue weighted by atomic mass is 10.2. The molecule has 4 heteroatoms. The summed E-state index contributed by atoms with van der Waals surface area (Å²) in [5.74, 6) is 0.476. The average Bonchev–Trinajstić information content (AvgIpc) is 2.36. The Morgan fingerprint density at radius 1 is 1.53 bits per heavy atom. The predicted octanol–water partition coefficient (Wildman–Crippen LogP) is 1.21. The van der Waals surface area contributed by atoms with Crippen LogP contribution in [0.3, 0.4) is 0 Å². The monoisotopic (exact) mass is 235 g/mol. The van der Waals surface area contributed by atoms with E-state index in [4.69, 9.17) is 9.84 Å². The van der Waals surface area contributed by atoms with Crippen LogP contribution in [0, 0.1) is 0 Å². The Kier molecular flexibility index (Phi) is 5.23. The number of hydrogen-bond acceptors (Lipinski definition) is 3. The van der Waals surface area contributed by atoms with Gasteiger partial charge in [0.05, 0.1) is 13.7 Å². The van der Waals surface area contributed by atoms with Crippen molar-refractivity contribution < 1.29 is 14.6 Å². The molecule has 0 radical (unpaired) electrons. The van der Waals surface area contributed by atoms with Crippen molar-refractivity contribution in [3.63, 3.8) is 0 Å². The van der Waals surface area contributed by atoms with Gasteiger partial charge in [0, 0.05) is 17.7 Å². The molecular formula is C13H17NO3. The van der Waals surface area contributed by atoms with E-state index in [2.05, 4.69) is 5.32 Å². The van der Waals surface area contributed by atoms with Crippen LogP contribution < -0.4 is 10.1 Å². The molecule has 1 aromatic carbocycles. The van der Waals surface area contributed by atoms with Crippen LogP contribution in [0.25, 0.3) is 6.08 Å². The van der Waals surface area contributed by atoms with Crippen molar-refractivity contribution >= 4 is 12.0 Å². The van der Waals surface area contributed by atoms with Crippen LogP contribution in [0.15, 0.2) is 30.3 Å². The summed E-state index contributed by atoms with van der Waals surface area (Å²) in [4.78, 5) is 11.4. The molecule has 92 valence electrons. The lowest BCUT2D eigenvalue weighted by Gasteiger charge is -2.08. The van der Waals surface area contributed by atoms with Crippen molar-refractivity contribution in [3.8, 4) is 5.75 Å². The van der Waals surface area contributed by atoms with E-state index < -0.39 is 0 Å². The largest absolute Gasteiger partial charge is 0.496 e. The molecular weight excluding hydrogens is 218 g/mol. The molecule has 17 heavy (non-hydrogen) atoms. The third-order valence-corrected chi connectivity index (χ3v) is 2.22. The number of benzene rings is 1. The van der Waals surface area contributed by atoms with Crippen molar-refractivity contribution in [2.75, 3.05) is 13.7 Å². The second kappa shape index (κ2) is 6.70. The highest BCUT2D eigenvalue weighted by Gasteiger charge is 2.03. The quantitative estimate of drug-likeness (QED) is 0.754. The van der Waals surface area contributed by atoms with E-state index in [-0.39, 0.29) is 18.6 Å². The molecule has 1 atom stereocenters. The van der Waals surface area contributed by atoms with Crippen molar-refractivity contribution in [1.82, 2.24) is 5.32 Å². The topological polar surface area (TPSA) is 58.6 Å². The van der Waals surface area contributed by atoms with Gasteiger partial charge in [-0.15, -0.1) is 0 Å². The van der Waals surface area contributed by atoms with Gasteiger partial charge in [-0.3, -0.25) is 4.79 Å². The first-order valence-corrected chi connectivity index (χ1v) is 5.40. The van der Waals surface area contributed by atoms with Crippen LogP contribution in [-0.2, 0) is 4.79 Å². The normalized spacial score (nSPS) is 12.4. The summed E-state index contributed by atoms with van der Waals surface area (Å²) in [5, 5.41) is 11.4. The Labute approximate surface area is 101 Å². The van der Waals surface area contributed by atoms with Gasteiger partial charge < -0.3 is 15.2 Å². The van der Waals surface area contributed by atoms with Crippen LogP contribution >= 0.6 is 0 Å². The van der Waals surface area contributed by atoms with Gasteiger partial charge in [-0.1, -0.05) is 18.2 Å². The Hall–Kier alpha value is -1.81. The minimum Gasteiger partial charge on any atom is -0.496 e. The first kappa shape index (κ1) is 13.3. The molecule has 0 saturated heterocycles. The number of carbonyl (C=O) groups is 1. The van der Waals surface area contributed by atoms with Crippen LogP contribution in [-0.4, -0.2) is 30.8 Å². The minimum absolute atomic E-state index is 0.0752. The number of amides is 1. The van der Waals surface area contributed by atoms with Crippen molar-refractivity contribution in [2.45, 2.75) is 13.0 Å². The van der Waals surface area contributed by atoms with E-state index in [1.807, 2.05) is 24.3 Å². The summed E-state index contributed by atoms with van der Waals surface area (Å²) in [6.07, 6.45) is 3.10. The lowest BCUT2D eigenvalue weighted by molar-refractivity contribution is -0.117. The second-order valence-electron chi connectivity index (χ2n) is 3.67. The highest BCUT2D eigenvalue weighted by atomic mass is 16.5. The fourth-order valence-electron chi connectivity index (χ4n) is 1.31. The number of aliphatic hydroxyl groups is 1. The van der Waals surface area contributed by atoms with E-state index >= 15 is 0 Å². The third kappa shape index (κ3) is 4.28. The number of nitrogens with one attached hydrogen (secondary N) is 1. The van der Waals surface area contributed by atoms with Crippen LogP contribution in [0.5, 0.6) is 5.75 Å². The summed E-state index contributed by atoms with van der Waals surface area (Å²) in [6.45, 7) is 1.66. The molecule has 0 fully saturated rings. The fourth-order valence-corrected chi connectivity index (χ4v) is 1.31. The highest BCUT2D eigenvalue weighted by Crippen LogP contribution is 2.18. The molecule has 2 N–H and O–H groups in total. The molecule has 0 heterocycles. The second-order valence-corrected chi connectivity index (χ2v) is 3.67. The van der Waals surface area contributed by atoms with Crippen molar-refractivity contribution in [1.29, 1.82) is 0 Å². The standard InChI is InChI=1S/C13H17NO3/c1-10(9-15)14-13(16)8-7-11-5-3-4-6-12(11)17-2/h3-8,10,15H,9H2,1-2H3,(H,14,16)/b8-7+. The van der Waals surface area contributed by atoms with E-state index in [0.29, 0.717) is 5.75 Å². The Balaban J connectivity index is 2.67. The SMILES string of the molecule is COc1ccccc1/C=C/C(=O)NC(C)CO. The smallest absolute Gasteiger partial charge is 0.244 e. The van der Waals surface area contributed by atoms with Crippen molar-refractivity contribution in [3.05, 3.63) is 35.9 Å². The molecule has 1 aromatic rings. The lowest BCUT2D eigenvalue weighted by Crippen LogP contribution is -2.33. The zero-order valence-electron chi connectivity index (χ0n) is 10.0. The number of aliphatic hydroxyl groups excluding tert-OH is 1. The van der Waals surface area contributed by atoms with Gasteiger partial charge in [-0.05, 0) is 19.1 Å². The predicted molar refractivity (Wildman–Crippen MR) is 66.7 cm³/mol. The van der Waals surface area contributed by atoms with Gasteiger partial charge in [0.15, 0.2) is 0 Å². The van der Waals surface area contributed by atoms with E-state index in [0.717, 1.165) is 5.56 Å². The van der Waals surface area contributed by atoms with Crippen molar-refractivity contribution in [2.24, 2.45) is 0 Å². The third-order valence-electron chi connectivity index (χ3n) is 2.22. The number of ether oxygens (including phenoxy) is 1. The maximum absolute atomic E-state index is 11.4. The Morgan fingerprint density at radius 3 is 2.88 bits per heavy atom. The van der Waals surface area contributed by atoms with Gasteiger partial charge in [-0.25, -0.2) is 0 Å². The molecule has 4 nitrogen and oxygen atoms in total.